The molecule has 1 atom stereocenters. The lowest BCUT2D eigenvalue weighted by atomic mass is 9.88. The summed E-state index contributed by atoms with van der Waals surface area (Å²) in [4.78, 5) is 0. The normalized spacial score (nSPS) is 15.4. The lowest BCUT2D eigenvalue weighted by Crippen LogP contribution is -2.16. The highest BCUT2D eigenvalue weighted by Gasteiger charge is 2.15. The van der Waals surface area contributed by atoms with Crippen molar-refractivity contribution in [2.45, 2.75) is 39.7 Å². The zero-order chi connectivity index (χ0) is 9.61. The van der Waals surface area contributed by atoms with Crippen LogP contribution in [0.15, 0.2) is 12.2 Å². The summed E-state index contributed by atoms with van der Waals surface area (Å²) in [5.41, 5.74) is 0.173. The highest BCUT2D eigenvalue weighted by Crippen LogP contribution is 2.21. The van der Waals surface area contributed by atoms with Gasteiger partial charge in [-0.15, -0.1) is 0 Å². The van der Waals surface area contributed by atoms with E-state index in [9.17, 15) is 5.11 Å². The van der Waals surface area contributed by atoms with E-state index in [0.717, 1.165) is 6.42 Å². The third-order valence-electron chi connectivity index (χ3n) is 1.53. The Morgan fingerprint density at radius 3 is 2.25 bits per heavy atom. The van der Waals surface area contributed by atoms with Gasteiger partial charge in [0, 0.05) is 0 Å². The van der Waals surface area contributed by atoms with E-state index in [4.69, 9.17) is 5.11 Å². The van der Waals surface area contributed by atoms with Crippen LogP contribution in [0.5, 0.6) is 0 Å². The van der Waals surface area contributed by atoms with Gasteiger partial charge >= 0.3 is 0 Å². The molecule has 0 aliphatic heterocycles. The van der Waals surface area contributed by atoms with Crippen molar-refractivity contribution >= 4 is 0 Å². The molecule has 0 saturated heterocycles. The molecule has 0 spiro atoms. The summed E-state index contributed by atoms with van der Waals surface area (Å²) in [6, 6.07) is 0. The van der Waals surface area contributed by atoms with Crippen LogP contribution in [0.25, 0.3) is 0 Å². The van der Waals surface area contributed by atoms with Gasteiger partial charge in [0.05, 0.1) is 12.7 Å². The van der Waals surface area contributed by atoms with Gasteiger partial charge in [-0.3, -0.25) is 0 Å². The molecular formula is C10H20O2. The molecule has 0 saturated carbocycles. The van der Waals surface area contributed by atoms with E-state index in [2.05, 4.69) is 20.8 Å². The van der Waals surface area contributed by atoms with Crippen LogP contribution in [0.4, 0.5) is 0 Å². The maximum absolute atomic E-state index is 9.48. The molecule has 0 aliphatic carbocycles. The van der Waals surface area contributed by atoms with E-state index in [0.29, 0.717) is 6.42 Å². The first-order chi connectivity index (χ1) is 5.45. The number of hydrogen-bond acceptors (Lipinski definition) is 2. The van der Waals surface area contributed by atoms with Gasteiger partial charge in [-0.2, -0.15) is 0 Å². The molecule has 0 aliphatic rings. The van der Waals surface area contributed by atoms with E-state index in [1.165, 1.54) is 0 Å². The van der Waals surface area contributed by atoms with Crippen LogP contribution in [0.3, 0.4) is 0 Å². The molecule has 0 aromatic carbocycles. The highest BCUT2D eigenvalue weighted by atomic mass is 16.3. The Balaban J connectivity index is 3.60. The van der Waals surface area contributed by atoms with Gasteiger partial charge in [0.25, 0.3) is 0 Å². The summed E-state index contributed by atoms with van der Waals surface area (Å²) >= 11 is 0. The third kappa shape index (κ3) is 7.76. The van der Waals surface area contributed by atoms with Crippen LogP contribution in [0.1, 0.15) is 33.6 Å². The Morgan fingerprint density at radius 1 is 1.25 bits per heavy atom. The van der Waals surface area contributed by atoms with E-state index < -0.39 is 0 Å². The molecule has 2 heteroatoms. The summed E-state index contributed by atoms with van der Waals surface area (Å²) in [5.74, 6) is 0. The number of rotatable bonds is 4. The molecule has 2 N–H and O–H groups in total. The maximum atomic E-state index is 9.48. The predicted molar refractivity (Wildman–Crippen MR) is 50.9 cm³/mol. The average Bonchev–Trinajstić information content (AvgIpc) is 1.84. The van der Waals surface area contributed by atoms with Crippen molar-refractivity contribution in [2.75, 3.05) is 6.61 Å². The van der Waals surface area contributed by atoms with Gasteiger partial charge in [0.1, 0.15) is 0 Å². The first kappa shape index (κ1) is 11.7. The number of aliphatic hydroxyl groups excluding tert-OH is 2. The van der Waals surface area contributed by atoms with E-state index in [1.807, 2.05) is 6.08 Å². The average molecular weight is 172 g/mol. The summed E-state index contributed by atoms with van der Waals surface area (Å²) in [6.07, 6.45) is 4.62. The van der Waals surface area contributed by atoms with Crippen LogP contribution in [-0.4, -0.2) is 22.9 Å². The fraction of sp³-hybridized carbons (Fsp3) is 0.800. The molecule has 1 unspecified atom stereocenters. The quantitative estimate of drug-likeness (QED) is 0.634. The lowest BCUT2D eigenvalue weighted by molar-refractivity contribution is 0.124. The lowest BCUT2D eigenvalue weighted by Gasteiger charge is -2.21. The standard InChI is InChI=1S/C10H20O2/c1-10(2,3)8-9(12)6-4-5-7-11/h4-5,9,11-12H,6-8H2,1-3H3/b5-4+. The Kier molecular flexibility index (Phi) is 5.18. The maximum Gasteiger partial charge on any atom is 0.0612 e. The molecule has 0 heterocycles. The van der Waals surface area contributed by atoms with Gasteiger partial charge in [-0.05, 0) is 18.3 Å². The topological polar surface area (TPSA) is 40.5 Å². The van der Waals surface area contributed by atoms with Crippen molar-refractivity contribution in [3.63, 3.8) is 0 Å². The molecular weight excluding hydrogens is 152 g/mol. The molecule has 12 heavy (non-hydrogen) atoms. The van der Waals surface area contributed by atoms with Crippen molar-refractivity contribution in [1.82, 2.24) is 0 Å². The number of hydrogen-bond donors (Lipinski definition) is 2. The minimum absolute atomic E-state index is 0.0578. The van der Waals surface area contributed by atoms with Gasteiger partial charge in [-0.1, -0.05) is 32.9 Å². The second-order valence-electron chi connectivity index (χ2n) is 4.31. The van der Waals surface area contributed by atoms with Crippen molar-refractivity contribution in [2.24, 2.45) is 5.41 Å². The van der Waals surface area contributed by atoms with Crippen molar-refractivity contribution in [3.8, 4) is 0 Å². The van der Waals surface area contributed by atoms with Gasteiger partial charge in [0.2, 0.25) is 0 Å². The van der Waals surface area contributed by atoms with Crippen molar-refractivity contribution in [3.05, 3.63) is 12.2 Å². The fourth-order valence-corrected chi connectivity index (χ4v) is 1.12. The molecule has 0 rings (SSSR count). The summed E-state index contributed by atoms with van der Waals surface area (Å²) in [7, 11) is 0. The third-order valence-corrected chi connectivity index (χ3v) is 1.53. The Morgan fingerprint density at radius 2 is 1.83 bits per heavy atom. The second kappa shape index (κ2) is 5.33. The SMILES string of the molecule is CC(C)(C)CC(O)C/C=C/CO. The van der Waals surface area contributed by atoms with Gasteiger partial charge in [0.15, 0.2) is 0 Å². The monoisotopic (exact) mass is 172 g/mol. The Bertz CT molecular complexity index is 133. The van der Waals surface area contributed by atoms with Crippen molar-refractivity contribution in [1.29, 1.82) is 0 Å². The number of aliphatic hydroxyl groups is 2. The smallest absolute Gasteiger partial charge is 0.0612 e. The molecule has 0 aromatic rings. The first-order valence-corrected chi connectivity index (χ1v) is 4.39. The molecule has 0 bridgehead atoms. The summed E-state index contributed by atoms with van der Waals surface area (Å²) in [5, 5.41) is 17.9. The largest absolute Gasteiger partial charge is 0.393 e. The molecule has 2 nitrogen and oxygen atoms in total. The summed E-state index contributed by atoms with van der Waals surface area (Å²) in [6.45, 7) is 6.37. The van der Waals surface area contributed by atoms with Crippen LogP contribution >= 0.6 is 0 Å². The zero-order valence-electron chi connectivity index (χ0n) is 8.25. The predicted octanol–water partition coefficient (Wildman–Crippen LogP) is 1.72. The van der Waals surface area contributed by atoms with E-state index in [1.54, 1.807) is 6.08 Å². The Labute approximate surface area is 74.9 Å². The summed E-state index contributed by atoms with van der Waals surface area (Å²) < 4.78 is 0. The van der Waals surface area contributed by atoms with Crippen LogP contribution in [-0.2, 0) is 0 Å². The first-order valence-electron chi connectivity index (χ1n) is 4.39. The Hall–Kier alpha value is -0.340. The molecule has 0 amide bonds. The molecule has 0 radical (unpaired) electrons. The van der Waals surface area contributed by atoms with Gasteiger partial charge in [-0.25, -0.2) is 0 Å². The minimum atomic E-state index is -0.284. The van der Waals surface area contributed by atoms with Crippen LogP contribution in [0.2, 0.25) is 0 Å². The zero-order valence-corrected chi connectivity index (χ0v) is 8.25. The van der Waals surface area contributed by atoms with E-state index in [-0.39, 0.29) is 18.1 Å². The van der Waals surface area contributed by atoms with Gasteiger partial charge < -0.3 is 10.2 Å². The van der Waals surface area contributed by atoms with Crippen LogP contribution < -0.4 is 0 Å². The molecule has 72 valence electrons. The molecule has 0 fully saturated rings. The van der Waals surface area contributed by atoms with Crippen LogP contribution in [0, 0.1) is 5.41 Å². The highest BCUT2D eigenvalue weighted by molar-refractivity contribution is 4.84. The molecule has 0 aromatic heterocycles. The van der Waals surface area contributed by atoms with Crippen molar-refractivity contribution < 1.29 is 10.2 Å². The minimum Gasteiger partial charge on any atom is -0.393 e. The fourth-order valence-electron chi connectivity index (χ4n) is 1.12. The second-order valence-corrected chi connectivity index (χ2v) is 4.31. The van der Waals surface area contributed by atoms with E-state index >= 15 is 0 Å².